The Bertz CT molecular complexity index is 450. The van der Waals surface area contributed by atoms with Gasteiger partial charge in [0.1, 0.15) is 5.78 Å². The van der Waals surface area contributed by atoms with Crippen molar-refractivity contribution in [2.24, 2.45) is 0 Å². The zero-order valence-corrected chi connectivity index (χ0v) is 18.2. The van der Waals surface area contributed by atoms with Gasteiger partial charge in [-0.1, -0.05) is 12.8 Å². The molecule has 0 rings (SSSR count). The van der Waals surface area contributed by atoms with Crippen LogP contribution in [-0.4, -0.2) is 42.3 Å². The van der Waals surface area contributed by atoms with Crippen LogP contribution in [0.25, 0.3) is 0 Å². The van der Waals surface area contributed by atoms with Crippen LogP contribution < -0.4 is 5.32 Å². The van der Waals surface area contributed by atoms with E-state index >= 15 is 0 Å². The lowest BCUT2D eigenvalue weighted by atomic mass is 10.2. The predicted molar refractivity (Wildman–Crippen MR) is 110 cm³/mol. The summed E-state index contributed by atoms with van der Waals surface area (Å²) in [6.45, 7) is 11.8. The fourth-order valence-electron chi connectivity index (χ4n) is 3.12. The third kappa shape index (κ3) is 10.2. The minimum atomic E-state index is -1.55. The van der Waals surface area contributed by atoms with Crippen LogP contribution in [0, 0.1) is 11.3 Å². The number of nitrogens with one attached hydrogen (secondary N) is 1. The number of nitrogens with zero attached hydrogens (tertiary/aromatic N) is 1. The molecule has 0 aliphatic rings. The second-order valence-corrected chi connectivity index (χ2v) is 12.0. The second kappa shape index (κ2) is 14.1. The average Bonchev–Trinajstić information content (AvgIpc) is 2.57. The van der Waals surface area contributed by atoms with Crippen molar-refractivity contribution in [3.8, 4) is 6.07 Å². The summed E-state index contributed by atoms with van der Waals surface area (Å²) in [5.41, 5.74) is 0.974. The molecule has 0 fully saturated rings. The number of carbonyl (C=O) groups excluding carboxylic acids is 2. The van der Waals surface area contributed by atoms with Gasteiger partial charge in [-0.3, -0.25) is 4.79 Å². The summed E-state index contributed by atoms with van der Waals surface area (Å²) in [5.74, 6) is 0.0149. The first-order valence-electron chi connectivity index (χ1n) is 9.91. The SMILES string of the molecule is CC(=O)CCC(=O)NCCCCCCO[P+](CCC#N)(C(C)C)C(C)C. The first-order valence-corrected chi connectivity index (χ1v) is 11.9. The topological polar surface area (TPSA) is 79.2 Å². The molecule has 5 nitrogen and oxygen atoms in total. The molecule has 0 atom stereocenters. The van der Waals surface area contributed by atoms with E-state index < -0.39 is 7.49 Å². The molecule has 0 aliphatic heterocycles. The van der Waals surface area contributed by atoms with Gasteiger partial charge in [0.15, 0.2) is 7.49 Å². The third-order valence-corrected chi connectivity index (χ3v) is 9.83. The van der Waals surface area contributed by atoms with Gasteiger partial charge in [-0.15, -0.1) is 0 Å². The van der Waals surface area contributed by atoms with Gasteiger partial charge in [-0.2, -0.15) is 5.26 Å². The number of unbranched alkanes of at least 4 members (excludes halogenated alkanes) is 3. The van der Waals surface area contributed by atoms with Crippen molar-refractivity contribution >= 4 is 19.2 Å². The third-order valence-electron chi connectivity index (χ3n) is 4.75. The summed E-state index contributed by atoms with van der Waals surface area (Å²) < 4.78 is 6.41. The molecule has 0 spiro atoms. The molecule has 26 heavy (non-hydrogen) atoms. The Morgan fingerprint density at radius 2 is 1.65 bits per heavy atom. The highest BCUT2D eigenvalue weighted by Gasteiger charge is 2.46. The van der Waals surface area contributed by atoms with Gasteiger partial charge in [0.2, 0.25) is 5.91 Å². The molecular weight excluding hydrogens is 347 g/mol. The molecule has 0 unspecified atom stereocenters. The molecular formula is C20H38N2O3P+. The van der Waals surface area contributed by atoms with E-state index in [-0.39, 0.29) is 11.7 Å². The molecule has 0 aromatic carbocycles. The lowest BCUT2D eigenvalue weighted by Gasteiger charge is -2.32. The standard InChI is InChI=1S/C20H37N2O3P/c1-17(2)26(18(3)4,16-10-13-21)25-15-9-7-6-8-14-22-20(24)12-11-19(5)23/h17-18H,6-12,14-16H2,1-5H3/p+1. The van der Waals surface area contributed by atoms with Crippen molar-refractivity contribution in [2.45, 2.75) is 90.9 Å². The van der Waals surface area contributed by atoms with Gasteiger partial charge >= 0.3 is 0 Å². The highest BCUT2D eigenvalue weighted by molar-refractivity contribution is 7.72. The number of carbonyl (C=O) groups is 2. The highest BCUT2D eigenvalue weighted by atomic mass is 31.2. The predicted octanol–water partition coefficient (Wildman–Crippen LogP) is 4.71. The van der Waals surface area contributed by atoms with E-state index in [0.717, 1.165) is 38.5 Å². The Labute approximate surface area is 160 Å². The molecule has 0 bridgehead atoms. The summed E-state index contributed by atoms with van der Waals surface area (Å²) in [5, 5.41) is 11.8. The van der Waals surface area contributed by atoms with Gasteiger partial charge in [0.25, 0.3) is 0 Å². The van der Waals surface area contributed by atoms with Crippen LogP contribution in [-0.2, 0) is 14.1 Å². The summed E-state index contributed by atoms with van der Waals surface area (Å²) in [7, 11) is -1.55. The van der Waals surface area contributed by atoms with Crippen LogP contribution in [0.5, 0.6) is 0 Å². The average molecular weight is 386 g/mol. The van der Waals surface area contributed by atoms with Gasteiger partial charge in [0.05, 0.1) is 36.6 Å². The molecule has 0 aromatic rings. The first kappa shape index (κ1) is 25.0. The van der Waals surface area contributed by atoms with E-state index in [1.807, 2.05) is 0 Å². The maximum Gasteiger partial charge on any atom is 0.220 e. The normalized spacial score (nSPS) is 11.6. The number of hydrogen-bond donors (Lipinski definition) is 1. The number of ketones is 1. The highest BCUT2D eigenvalue weighted by Crippen LogP contribution is 2.67. The molecule has 0 saturated carbocycles. The molecule has 1 N–H and O–H groups in total. The van der Waals surface area contributed by atoms with Crippen LogP contribution in [0.1, 0.15) is 79.6 Å². The summed E-state index contributed by atoms with van der Waals surface area (Å²) in [6, 6.07) is 2.28. The molecule has 0 saturated heterocycles. The maximum atomic E-state index is 11.5. The number of hydrogen-bond acceptors (Lipinski definition) is 4. The fraction of sp³-hybridized carbons (Fsp3) is 0.850. The Morgan fingerprint density at radius 3 is 2.19 bits per heavy atom. The molecule has 6 heteroatoms. The van der Waals surface area contributed by atoms with E-state index in [4.69, 9.17) is 9.79 Å². The lowest BCUT2D eigenvalue weighted by molar-refractivity contribution is -0.124. The largest absolute Gasteiger partial charge is 0.356 e. The van der Waals surface area contributed by atoms with Crippen LogP contribution >= 0.6 is 7.49 Å². The smallest absolute Gasteiger partial charge is 0.220 e. The summed E-state index contributed by atoms with van der Waals surface area (Å²) >= 11 is 0. The second-order valence-electron chi connectivity index (χ2n) is 7.47. The molecule has 0 aliphatic carbocycles. The van der Waals surface area contributed by atoms with Crippen molar-refractivity contribution in [1.82, 2.24) is 5.32 Å². The summed E-state index contributed by atoms with van der Waals surface area (Å²) in [4.78, 5) is 22.3. The Kier molecular flexibility index (Phi) is 13.6. The molecule has 0 radical (unpaired) electrons. The van der Waals surface area contributed by atoms with Crippen LogP contribution in [0.2, 0.25) is 0 Å². The van der Waals surface area contributed by atoms with Crippen molar-refractivity contribution in [3.63, 3.8) is 0 Å². The van der Waals surface area contributed by atoms with Crippen molar-refractivity contribution < 1.29 is 14.1 Å². The minimum absolute atomic E-state index is 0.0375. The number of nitriles is 1. The lowest BCUT2D eigenvalue weighted by Crippen LogP contribution is -2.24. The number of Topliss-reactive ketones (excluding diaryl/α,β-unsaturated/α-hetero) is 1. The zero-order valence-electron chi connectivity index (χ0n) is 17.3. The zero-order chi connectivity index (χ0) is 20.0. The van der Waals surface area contributed by atoms with Crippen molar-refractivity contribution in [3.05, 3.63) is 0 Å². The van der Waals surface area contributed by atoms with Gasteiger partial charge in [0, 0.05) is 19.4 Å². The van der Waals surface area contributed by atoms with E-state index in [1.54, 1.807) is 0 Å². The molecule has 0 heterocycles. The van der Waals surface area contributed by atoms with E-state index in [0.29, 0.717) is 37.1 Å². The molecule has 1 amide bonds. The van der Waals surface area contributed by atoms with E-state index in [1.165, 1.54) is 6.92 Å². The monoisotopic (exact) mass is 385 g/mol. The van der Waals surface area contributed by atoms with E-state index in [9.17, 15) is 9.59 Å². The number of rotatable bonds is 15. The van der Waals surface area contributed by atoms with Crippen molar-refractivity contribution in [2.75, 3.05) is 19.3 Å². The van der Waals surface area contributed by atoms with Crippen LogP contribution in [0.4, 0.5) is 0 Å². The minimum Gasteiger partial charge on any atom is -0.356 e. The molecule has 150 valence electrons. The Hall–Kier alpha value is -0.980. The van der Waals surface area contributed by atoms with Gasteiger partial charge < -0.3 is 10.1 Å². The quantitative estimate of drug-likeness (QED) is 0.327. The fourth-order valence-corrected chi connectivity index (χ4v) is 6.99. The maximum absolute atomic E-state index is 11.5. The van der Waals surface area contributed by atoms with E-state index in [2.05, 4.69) is 39.1 Å². The first-order chi connectivity index (χ1) is 12.3. The van der Waals surface area contributed by atoms with Crippen LogP contribution in [0.3, 0.4) is 0 Å². The Morgan fingerprint density at radius 1 is 1.04 bits per heavy atom. The van der Waals surface area contributed by atoms with Gasteiger partial charge in [-0.25, -0.2) is 4.52 Å². The molecule has 0 aromatic heterocycles. The van der Waals surface area contributed by atoms with Crippen LogP contribution in [0.15, 0.2) is 0 Å². The number of amides is 1. The summed E-state index contributed by atoms with van der Waals surface area (Å²) in [6.07, 6.45) is 6.20. The van der Waals surface area contributed by atoms with Gasteiger partial charge in [-0.05, 0) is 47.5 Å². The Balaban J connectivity index is 3.96. The van der Waals surface area contributed by atoms with Crippen molar-refractivity contribution in [1.29, 1.82) is 5.26 Å².